The molecule has 4 rings (SSSR count). The second kappa shape index (κ2) is 12.8. The number of hydrogen-bond acceptors (Lipinski definition) is 4. The van der Waals surface area contributed by atoms with Crippen molar-refractivity contribution in [3.05, 3.63) is 107 Å². The molecule has 226 valence electrons. The number of methoxy groups -OCH3 is 1. The maximum Gasteiger partial charge on any atom is 0.416 e. The number of nitrogens with zero attached hydrogens (tertiary/aromatic N) is 1. The minimum absolute atomic E-state index is 0.0724. The molecular formula is C32H28F6N2O3. The van der Waals surface area contributed by atoms with Crippen molar-refractivity contribution >= 4 is 6.09 Å². The molecule has 1 aromatic heterocycles. The van der Waals surface area contributed by atoms with Gasteiger partial charge in [-0.1, -0.05) is 26.0 Å². The zero-order valence-corrected chi connectivity index (χ0v) is 23.4. The standard InChI is InChI=1S/C32H28F6N2O3/c1-19(2)22-4-7-29(42-3)28(16-22)27-6-5-25(31(33,34)35)15-24(27)18-43-30(41)40-17-20-12-23(21-8-10-39-11-9-21)14-26(13-20)32(36,37)38/h4-16,19H,17-18H2,1-3H3,(H,40,41). The van der Waals surface area contributed by atoms with E-state index < -0.39 is 36.2 Å². The summed E-state index contributed by atoms with van der Waals surface area (Å²) in [5.74, 6) is 0.545. The third kappa shape index (κ3) is 7.85. The first kappa shape index (κ1) is 31.4. The van der Waals surface area contributed by atoms with Crippen LogP contribution >= 0.6 is 0 Å². The number of nitrogens with one attached hydrogen (secondary N) is 1. The molecule has 0 bridgehead atoms. The van der Waals surface area contributed by atoms with Gasteiger partial charge in [0.2, 0.25) is 0 Å². The fraction of sp³-hybridized carbons (Fsp3) is 0.250. The Hall–Kier alpha value is -4.54. The molecule has 0 saturated heterocycles. The van der Waals surface area contributed by atoms with Crippen LogP contribution < -0.4 is 10.1 Å². The van der Waals surface area contributed by atoms with Gasteiger partial charge in [-0.05, 0) is 93.9 Å². The number of benzene rings is 3. The number of carbonyl (C=O) groups excluding carboxylic acids is 1. The third-order valence-electron chi connectivity index (χ3n) is 6.74. The van der Waals surface area contributed by atoms with Crippen LogP contribution in [0.1, 0.15) is 47.6 Å². The maximum atomic E-state index is 13.6. The highest BCUT2D eigenvalue weighted by molar-refractivity contribution is 5.75. The molecule has 1 amide bonds. The first-order valence-corrected chi connectivity index (χ1v) is 13.2. The van der Waals surface area contributed by atoms with Crippen LogP contribution in [0.25, 0.3) is 22.3 Å². The van der Waals surface area contributed by atoms with E-state index in [-0.39, 0.29) is 29.2 Å². The summed E-state index contributed by atoms with van der Waals surface area (Å²) in [6.45, 7) is 3.08. The molecule has 3 aromatic carbocycles. The molecule has 0 aliphatic heterocycles. The topological polar surface area (TPSA) is 60.5 Å². The predicted octanol–water partition coefficient (Wildman–Crippen LogP) is 9.01. The van der Waals surface area contributed by atoms with E-state index in [1.165, 1.54) is 31.6 Å². The van der Waals surface area contributed by atoms with E-state index in [2.05, 4.69) is 10.3 Å². The first-order valence-electron chi connectivity index (χ1n) is 13.2. The monoisotopic (exact) mass is 602 g/mol. The van der Waals surface area contributed by atoms with Gasteiger partial charge in [-0.25, -0.2) is 4.79 Å². The Bertz CT molecular complexity index is 1580. The zero-order chi connectivity index (χ0) is 31.4. The van der Waals surface area contributed by atoms with E-state index in [9.17, 15) is 31.1 Å². The summed E-state index contributed by atoms with van der Waals surface area (Å²) in [5.41, 5.74) is 0.978. The molecule has 1 N–H and O–H groups in total. The number of pyridine rings is 1. The van der Waals surface area contributed by atoms with Crippen LogP contribution in [-0.2, 0) is 30.2 Å². The van der Waals surface area contributed by atoms with Crippen molar-refractivity contribution in [2.75, 3.05) is 7.11 Å². The molecule has 0 spiro atoms. The fourth-order valence-electron chi connectivity index (χ4n) is 4.48. The Labute approximate surface area is 244 Å². The van der Waals surface area contributed by atoms with E-state index in [4.69, 9.17) is 9.47 Å². The summed E-state index contributed by atoms with van der Waals surface area (Å²) in [7, 11) is 1.44. The number of halogens is 6. The average molecular weight is 603 g/mol. The lowest BCUT2D eigenvalue weighted by Crippen LogP contribution is -2.24. The van der Waals surface area contributed by atoms with Gasteiger partial charge in [-0.3, -0.25) is 4.98 Å². The van der Waals surface area contributed by atoms with Crippen LogP contribution in [-0.4, -0.2) is 18.2 Å². The number of alkyl halides is 6. The van der Waals surface area contributed by atoms with E-state index in [1.807, 2.05) is 26.0 Å². The Morgan fingerprint density at radius 2 is 1.51 bits per heavy atom. The molecule has 5 nitrogen and oxygen atoms in total. The van der Waals surface area contributed by atoms with Gasteiger partial charge in [0.15, 0.2) is 0 Å². The third-order valence-corrected chi connectivity index (χ3v) is 6.74. The summed E-state index contributed by atoms with van der Waals surface area (Å²) >= 11 is 0. The molecule has 0 aliphatic rings. The van der Waals surface area contributed by atoms with Crippen molar-refractivity contribution in [1.29, 1.82) is 0 Å². The van der Waals surface area contributed by atoms with E-state index >= 15 is 0 Å². The SMILES string of the molecule is COc1ccc(C(C)C)cc1-c1ccc(C(F)(F)F)cc1COC(=O)NCc1cc(-c2ccncc2)cc(C(F)(F)F)c1. The van der Waals surface area contributed by atoms with Crippen LogP contribution in [0.3, 0.4) is 0 Å². The van der Waals surface area contributed by atoms with Gasteiger partial charge in [0.05, 0.1) is 18.2 Å². The summed E-state index contributed by atoms with van der Waals surface area (Å²) in [6.07, 6.45) is -7.40. The van der Waals surface area contributed by atoms with Crippen molar-refractivity contribution < 1.29 is 40.6 Å². The lowest BCUT2D eigenvalue weighted by Gasteiger charge is -2.18. The second-order valence-electron chi connectivity index (χ2n) is 10.1. The Balaban J connectivity index is 1.58. The Morgan fingerprint density at radius 1 is 0.814 bits per heavy atom. The summed E-state index contributed by atoms with van der Waals surface area (Å²) in [4.78, 5) is 16.5. The molecule has 0 radical (unpaired) electrons. The van der Waals surface area contributed by atoms with Crippen LogP contribution in [0, 0.1) is 0 Å². The zero-order valence-electron chi connectivity index (χ0n) is 23.4. The van der Waals surface area contributed by atoms with Gasteiger partial charge in [0.1, 0.15) is 12.4 Å². The lowest BCUT2D eigenvalue weighted by molar-refractivity contribution is -0.138. The molecule has 0 unspecified atom stereocenters. The predicted molar refractivity (Wildman–Crippen MR) is 149 cm³/mol. The summed E-state index contributed by atoms with van der Waals surface area (Å²) in [6, 6.07) is 15.0. The normalized spacial score (nSPS) is 11.9. The van der Waals surface area contributed by atoms with Crippen molar-refractivity contribution in [3.8, 4) is 28.0 Å². The van der Waals surface area contributed by atoms with Crippen LogP contribution in [0.15, 0.2) is 79.1 Å². The first-order chi connectivity index (χ1) is 20.3. The van der Waals surface area contributed by atoms with Gasteiger partial charge >= 0.3 is 18.4 Å². The van der Waals surface area contributed by atoms with Crippen molar-refractivity contribution in [3.63, 3.8) is 0 Å². The Kier molecular flexibility index (Phi) is 9.32. The van der Waals surface area contributed by atoms with E-state index in [0.29, 0.717) is 22.4 Å². The smallest absolute Gasteiger partial charge is 0.416 e. The number of rotatable bonds is 8. The molecule has 43 heavy (non-hydrogen) atoms. The molecule has 0 atom stereocenters. The fourth-order valence-corrected chi connectivity index (χ4v) is 4.48. The summed E-state index contributed by atoms with van der Waals surface area (Å²) in [5, 5.41) is 2.39. The molecule has 0 aliphatic carbocycles. The highest BCUT2D eigenvalue weighted by Crippen LogP contribution is 2.39. The van der Waals surface area contributed by atoms with Gasteiger partial charge < -0.3 is 14.8 Å². The lowest BCUT2D eigenvalue weighted by atomic mass is 9.93. The molecule has 0 fully saturated rings. The van der Waals surface area contributed by atoms with Gasteiger partial charge in [-0.15, -0.1) is 0 Å². The van der Waals surface area contributed by atoms with Crippen LogP contribution in [0.2, 0.25) is 0 Å². The number of carbonyl (C=O) groups is 1. The van der Waals surface area contributed by atoms with Crippen LogP contribution in [0.5, 0.6) is 5.75 Å². The van der Waals surface area contributed by atoms with Crippen molar-refractivity contribution in [1.82, 2.24) is 10.3 Å². The number of hydrogen-bond donors (Lipinski definition) is 1. The minimum atomic E-state index is -4.64. The largest absolute Gasteiger partial charge is 0.496 e. The summed E-state index contributed by atoms with van der Waals surface area (Å²) < 4.78 is 92.1. The van der Waals surface area contributed by atoms with Gasteiger partial charge in [0.25, 0.3) is 0 Å². The van der Waals surface area contributed by atoms with Gasteiger partial charge in [0, 0.05) is 24.5 Å². The Morgan fingerprint density at radius 3 is 2.14 bits per heavy atom. The number of aromatic nitrogens is 1. The highest BCUT2D eigenvalue weighted by atomic mass is 19.4. The average Bonchev–Trinajstić information content (AvgIpc) is 2.97. The van der Waals surface area contributed by atoms with E-state index in [1.54, 1.807) is 18.2 Å². The molecule has 11 heteroatoms. The molecule has 0 saturated carbocycles. The van der Waals surface area contributed by atoms with Gasteiger partial charge in [-0.2, -0.15) is 26.3 Å². The second-order valence-corrected chi connectivity index (χ2v) is 10.1. The number of alkyl carbamates (subject to hydrolysis) is 1. The van der Waals surface area contributed by atoms with Crippen molar-refractivity contribution in [2.24, 2.45) is 0 Å². The van der Waals surface area contributed by atoms with Crippen molar-refractivity contribution in [2.45, 2.75) is 45.3 Å². The van der Waals surface area contributed by atoms with E-state index in [0.717, 1.165) is 29.8 Å². The van der Waals surface area contributed by atoms with Crippen LogP contribution in [0.4, 0.5) is 31.1 Å². The minimum Gasteiger partial charge on any atom is -0.496 e. The quantitative estimate of drug-likeness (QED) is 0.205. The molecular weight excluding hydrogens is 574 g/mol. The number of amides is 1. The molecule has 4 aromatic rings. The maximum absolute atomic E-state index is 13.6. The number of ether oxygens (including phenoxy) is 2. The highest BCUT2D eigenvalue weighted by Gasteiger charge is 2.32. The molecule has 1 heterocycles.